The molecule has 0 saturated carbocycles. The zero-order valence-corrected chi connectivity index (χ0v) is 19.0. The number of nitrogens with one attached hydrogen (secondary N) is 1. The highest BCUT2D eigenvalue weighted by Gasteiger charge is 2.18. The molecule has 0 fully saturated rings. The van der Waals surface area contributed by atoms with Crippen LogP contribution in [0.3, 0.4) is 0 Å². The van der Waals surface area contributed by atoms with E-state index in [0.29, 0.717) is 12.0 Å². The molecule has 2 aromatic heterocycles. The Bertz CT molecular complexity index is 941. The molecule has 0 radical (unpaired) electrons. The smallest absolute Gasteiger partial charge is 0.160 e. The number of benzene rings is 1. The van der Waals surface area contributed by atoms with Crippen molar-refractivity contribution in [2.24, 2.45) is 0 Å². The molecule has 28 heavy (non-hydrogen) atoms. The van der Waals surface area contributed by atoms with Crippen molar-refractivity contribution in [3.8, 4) is 0 Å². The first-order chi connectivity index (χ1) is 13.4. The second-order valence-electron chi connectivity index (χ2n) is 7.76. The Labute approximate surface area is 176 Å². The molecule has 0 aliphatic carbocycles. The monoisotopic (exact) mass is 443 g/mol. The maximum Gasteiger partial charge on any atom is 0.160 e. The lowest BCUT2D eigenvalue weighted by Gasteiger charge is -2.16. The summed E-state index contributed by atoms with van der Waals surface area (Å²) in [6, 6.07) is 8.88. The van der Waals surface area contributed by atoms with E-state index in [4.69, 9.17) is 4.98 Å². The lowest BCUT2D eigenvalue weighted by atomic mass is 10.0. The van der Waals surface area contributed by atoms with Crippen LogP contribution in [0, 0.1) is 6.92 Å². The number of nitrogens with zero attached hydrogens (tertiary/aromatic N) is 4. The van der Waals surface area contributed by atoms with Crippen molar-refractivity contribution >= 4 is 38.5 Å². The number of aromatic nitrogens is 4. The summed E-state index contributed by atoms with van der Waals surface area (Å²) in [5, 5.41) is 12.5. The van der Waals surface area contributed by atoms with Crippen LogP contribution in [-0.4, -0.2) is 20.0 Å². The molecule has 0 atom stereocenters. The van der Waals surface area contributed by atoms with Crippen molar-refractivity contribution in [3.63, 3.8) is 0 Å². The number of fused-ring (bicyclic) bond motifs is 1. The molecule has 1 aromatic carbocycles. The molecule has 6 heteroatoms. The Morgan fingerprint density at radius 1 is 1.11 bits per heavy atom. The Kier molecular flexibility index (Phi) is 6.70. The van der Waals surface area contributed by atoms with Gasteiger partial charge in [0.05, 0.1) is 17.2 Å². The Balaban J connectivity index is 2.01. The zero-order valence-electron chi connectivity index (χ0n) is 17.5. The summed E-state index contributed by atoms with van der Waals surface area (Å²) in [7, 11) is 0. The van der Waals surface area contributed by atoms with Crippen molar-refractivity contribution < 1.29 is 0 Å². The van der Waals surface area contributed by atoms with E-state index in [1.165, 1.54) is 5.56 Å². The molecule has 3 rings (SSSR count). The van der Waals surface area contributed by atoms with E-state index in [1.807, 2.05) is 6.92 Å². The minimum Gasteiger partial charge on any atom is -0.337 e. The zero-order chi connectivity index (χ0) is 20.3. The third-order valence-electron chi connectivity index (χ3n) is 5.09. The maximum absolute atomic E-state index is 4.71. The number of hydrogen-bond donors (Lipinski definition) is 1. The lowest BCUT2D eigenvalue weighted by Crippen LogP contribution is -2.10. The highest BCUT2D eigenvalue weighted by Crippen LogP contribution is 2.32. The van der Waals surface area contributed by atoms with Gasteiger partial charge in [-0.3, -0.25) is 0 Å². The lowest BCUT2D eigenvalue weighted by molar-refractivity contribution is 0.393. The van der Waals surface area contributed by atoms with Crippen LogP contribution in [0.4, 0.5) is 11.5 Å². The fraction of sp³-hybridized carbons (Fsp3) is 0.500. The van der Waals surface area contributed by atoms with E-state index in [2.05, 4.69) is 88.2 Å². The van der Waals surface area contributed by atoms with E-state index in [0.717, 1.165) is 58.4 Å². The number of rotatable bonds is 8. The van der Waals surface area contributed by atoms with Crippen LogP contribution in [0.2, 0.25) is 0 Å². The summed E-state index contributed by atoms with van der Waals surface area (Å²) in [6.07, 6.45) is 4.49. The van der Waals surface area contributed by atoms with Gasteiger partial charge in [-0.15, -0.1) is 5.10 Å². The van der Waals surface area contributed by atoms with E-state index in [1.54, 1.807) is 0 Å². The first-order valence-electron chi connectivity index (χ1n) is 10.2. The van der Waals surface area contributed by atoms with Crippen molar-refractivity contribution in [2.45, 2.75) is 72.3 Å². The van der Waals surface area contributed by atoms with E-state index < -0.39 is 0 Å². The van der Waals surface area contributed by atoms with Gasteiger partial charge in [-0.2, -0.15) is 0 Å². The van der Waals surface area contributed by atoms with E-state index >= 15 is 0 Å². The van der Waals surface area contributed by atoms with Crippen LogP contribution >= 0.6 is 15.9 Å². The quantitative estimate of drug-likeness (QED) is 0.410. The second-order valence-corrected chi connectivity index (χ2v) is 8.62. The molecule has 0 saturated heterocycles. The summed E-state index contributed by atoms with van der Waals surface area (Å²) in [5.74, 6) is 1.24. The van der Waals surface area contributed by atoms with Crippen LogP contribution < -0.4 is 5.32 Å². The first kappa shape index (κ1) is 20.8. The van der Waals surface area contributed by atoms with Crippen LogP contribution in [0.25, 0.3) is 11.0 Å². The minimum atomic E-state index is 0.381. The molecule has 0 amide bonds. The van der Waals surface area contributed by atoms with Crippen molar-refractivity contribution in [2.75, 3.05) is 5.32 Å². The molecular weight excluding hydrogens is 414 g/mol. The summed E-state index contributed by atoms with van der Waals surface area (Å²) in [5.41, 5.74) is 5.12. The first-order valence-corrected chi connectivity index (χ1v) is 11.0. The summed E-state index contributed by atoms with van der Waals surface area (Å²) in [6.45, 7) is 10.9. The molecule has 5 nitrogen and oxygen atoms in total. The van der Waals surface area contributed by atoms with Gasteiger partial charge in [0.25, 0.3) is 0 Å². The Morgan fingerprint density at radius 3 is 2.43 bits per heavy atom. The predicted molar refractivity (Wildman–Crippen MR) is 120 cm³/mol. The van der Waals surface area contributed by atoms with Crippen LogP contribution in [0.5, 0.6) is 0 Å². The van der Waals surface area contributed by atoms with Gasteiger partial charge in [0.15, 0.2) is 11.3 Å². The van der Waals surface area contributed by atoms with Gasteiger partial charge in [-0.25, -0.2) is 9.67 Å². The van der Waals surface area contributed by atoms with Crippen molar-refractivity contribution in [3.05, 3.63) is 40.0 Å². The number of anilines is 2. The van der Waals surface area contributed by atoms with Gasteiger partial charge < -0.3 is 5.32 Å². The number of aryl methyl sites for hydroxylation is 1. The fourth-order valence-electron chi connectivity index (χ4n) is 3.60. The Hall–Kier alpha value is -1.95. The molecule has 150 valence electrons. The van der Waals surface area contributed by atoms with Gasteiger partial charge in [0.1, 0.15) is 0 Å². The standard InChI is InChI=1S/C22H30BrN5/c1-6-8-17(9-7-2)28-20-12-15(5)24-22(21(20)26-27-28)25-19-11-10-16(14(3)4)13-18(19)23/h10-14,17H,6-9H2,1-5H3,(H,24,25). The predicted octanol–water partition coefficient (Wildman–Crippen LogP) is 6.91. The number of hydrogen-bond acceptors (Lipinski definition) is 4. The molecular formula is C22H30BrN5. The summed E-state index contributed by atoms with van der Waals surface area (Å²) < 4.78 is 3.12. The molecule has 0 aliphatic rings. The van der Waals surface area contributed by atoms with Gasteiger partial charge in [-0.05, 0) is 65.4 Å². The van der Waals surface area contributed by atoms with E-state index in [9.17, 15) is 0 Å². The van der Waals surface area contributed by atoms with E-state index in [-0.39, 0.29) is 0 Å². The SMILES string of the molecule is CCCC(CCC)n1nnc2c(Nc3ccc(C(C)C)cc3Br)nc(C)cc21. The summed E-state index contributed by atoms with van der Waals surface area (Å²) >= 11 is 3.69. The molecule has 0 bridgehead atoms. The van der Waals surface area contributed by atoms with Gasteiger partial charge >= 0.3 is 0 Å². The maximum atomic E-state index is 4.71. The molecule has 2 heterocycles. The number of pyridine rings is 1. The van der Waals surface area contributed by atoms with Gasteiger partial charge in [-0.1, -0.05) is 51.8 Å². The molecule has 0 spiro atoms. The van der Waals surface area contributed by atoms with Crippen molar-refractivity contribution in [1.29, 1.82) is 0 Å². The molecule has 1 N–H and O–H groups in total. The second kappa shape index (κ2) is 9.03. The van der Waals surface area contributed by atoms with Gasteiger partial charge in [0.2, 0.25) is 0 Å². The fourth-order valence-corrected chi connectivity index (χ4v) is 4.09. The number of halogens is 1. The van der Waals surface area contributed by atoms with Crippen LogP contribution in [0.1, 0.15) is 76.6 Å². The van der Waals surface area contributed by atoms with Gasteiger partial charge in [0, 0.05) is 10.2 Å². The topological polar surface area (TPSA) is 55.6 Å². The minimum absolute atomic E-state index is 0.381. The van der Waals surface area contributed by atoms with Crippen molar-refractivity contribution in [1.82, 2.24) is 20.0 Å². The van der Waals surface area contributed by atoms with Crippen LogP contribution in [-0.2, 0) is 0 Å². The highest BCUT2D eigenvalue weighted by atomic mass is 79.9. The van der Waals surface area contributed by atoms with Crippen LogP contribution in [0.15, 0.2) is 28.7 Å². The third-order valence-corrected chi connectivity index (χ3v) is 5.75. The highest BCUT2D eigenvalue weighted by molar-refractivity contribution is 9.10. The average Bonchev–Trinajstić information content (AvgIpc) is 3.06. The molecule has 3 aromatic rings. The average molecular weight is 444 g/mol. The summed E-state index contributed by atoms with van der Waals surface area (Å²) in [4.78, 5) is 4.71. The third kappa shape index (κ3) is 4.37. The largest absolute Gasteiger partial charge is 0.337 e. The Morgan fingerprint density at radius 2 is 1.82 bits per heavy atom. The molecule has 0 unspecified atom stereocenters. The normalized spacial score (nSPS) is 11.7. The molecule has 0 aliphatic heterocycles.